The highest BCUT2D eigenvalue weighted by atomic mass is 32.1. The summed E-state index contributed by atoms with van der Waals surface area (Å²) in [5, 5.41) is 3.38. The lowest BCUT2D eigenvalue weighted by Gasteiger charge is -2.30. The average molecular weight is 363 g/mol. The van der Waals surface area contributed by atoms with Crippen molar-refractivity contribution in [3.8, 4) is 0 Å². The van der Waals surface area contributed by atoms with Crippen molar-refractivity contribution in [1.82, 2.24) is 5.32 Å². The number of amides is 1. The summed E-state index contributed by atoms with van der Waals surface area (Å²) < 4.78 is 19.7. The van der Waals surface area contributed by atoms with Gasteiger partial charge in [-0.25, -0.2) is 9.18 Å². The largest absolute Gasteiger partial charge is 0.448 e. The van der Waals surface area contributed by atoms with Gasteiger partial charge in [-0.2, -0.15) is 0 Å². The summed E-state index contributed by atoms with van der Waals surface area (Å²) in [6.07, 6.45) is 3.49. The number of thiophene rings is 1. The number of hydrogen-bond donors (Lipinski definition) is 1. The lowest BCUT2D eigenvalue weighted by atomic mass is 9.86. The smallest absolute Gasteiger partial charge is 0.349 e. The molecule has 1 aliphatic carbocycles. The Bertz CT molecular complexity index is 788. The van der Waals surface area contributed by atoms with E-state index in [4.69, 9.17) is 4.74 Å². The van der Waals surface area contributed by atoms with Crippen molar-refractivity contribution in [3.63, 3.8) is 0 Å². The SMILES string of the molecule is C[C@@H]1CCCC[C@H]1NC(=O)[C@@H](C)OC(=O)c1cc2c(F)cccc2s1. The topological polar surface area (TPSA) is 55.4 Å². The van der Waals surface area contributed by atoms with Crippen LogP contribution in [0.15, 0.2) is 24.3 Å². The quantitative estimate of drug-likeness (QED) is 0.825. The molecule has 1 amide bonds. The Morgan fingerprint density at radius 3 is 2.80 bits per heavy atom. The number of carbonyl (C=O) groups excluding carboxylic acids is 2. The Morgan fingerprint density at radius 1 is 1.32 bits per heavy atom. The molecule has 1 heterocycles. The van der Waals surface area contributed by atoms with E-state index in [1.54, 1.807) is 19.1 Å². The minimum Gasteiger partial charge on any atom is -0.448 e. The van der Waals surface area contributed by atoms with Crippen molar-refractivity contribution in [3.05, 3.63) is 35.0 Å². The summed E-state index contributed by atoms with van der Waals surface area (Å²) in [5.74, 6) is -0.810. The standard InChI is InChI=1S/C19H22FNO3S/c1-11-6-3-4-8-15(11)21-18(22)12(2)24-19(23)17-10-13-14(20)7-5-9-16(13)25-17/h5,7,9-12,15H,3-4,6,8H2,1-2H3,(H,21,22)/t11-,12-,15-/m1/s1. The van der Waals surface area contributed by atoms with E-state index in [1.165, 1.54) is 18.6 Å². The summed E-state index contributed by atoms with van der Waals surface area (Å²) in [4.78, 5) is 24.9. The number of benzene rings is 1. The van der Waals surface area contributed by atoms with Crippen LogP contribution in [-0.2, 0) is 9.53 Å². The molecule has 0 aliphatic heterocycles. The molecular formula is C19H22FNO3S. The van der Waals surface area contributed by atoms with E-state index >= 15 is 0 Å². The van der Waals surface area contributed by atoms with E-state index in [0.29, 0.717) is 20.9 Å². The van der Waals surface area contributed by atoms with Gasteiger partial charge in [0.05, 0.1) is 0 Å². The Labute approximate surface area is 150 Å². The summed E-state index contributed by atoms with van der Waals surface area (Å²) in [5.41, 5.74) is 0. The molecule has 0 unspecified atom stereocenters. The van der Waals surface area contributed by atoms with Crippen molar-refractivity contribution >= 4 is 33.3 Å². The molecule has 3 rings (SSSR count). The number of rotatable bonds is 4. The van der Waals surface area contributed by atoms with Crippen LogP contribution < -0.4 is 5.32 Å². The maximum Gasteiger partial charge on any atom is 0.349 e. The van der Waals surface area contributed by atoms with Crippen LogP contribution in [0.2, 0.25) is 0 Å². The first kappa shape index (κ1) is 17.9. The zero-order valence-electron chi connectivity index (χ0n) is 14.4. The number of esters is 1. The predicted octanol–water partition coefficient (Wildman–Crippen LogP) is 4.28. The van der Waals surface area contributed by atoms with Crippen LogP contribution in [0, 0.1) is 11.7 Å². The highest BCUT2D eigenvalue weighted by molar-refractivity contribution is 7.20. The lowest BCUT2D eigenvalue weighted by Crippen LogP contribution is -2.45. The molecule has 1 fully saturated rings. The van der Waals surface area contributed by atoms with Gasteiger partial charge in [0.15, 0.2) is 6.10 Å². The zero-order chi connectivity index (χ0) is 18.0. The zero-order valence-corrected chi connectivity index (χ0v) is 15.2. The lowest BCUT2D eigenvalue weighted by molar-refractivity contribution is -0.130. The Hall–Kier alpha value is -1.95. The number of fused-ring (bicyclic) bond motifs is 1. The molecule has 2 aromatic rings. The molecular weight excluding hydrogens is 341 g/mol. The number of halogens is 1. The van der Waals surface area contributed by atoms with Gasteiger partial charge in [0, 0.05) is 16.1 Å². The van der Waals surface area contributed by atoms with E-state index in [9.17, 15) is 14.0 Å². The molecule has 1 aromatic carbocycles. The van der Waals surface area contributed by atoms with Crippen LogP contribution in [0.5, 0.6) is 0 Å². The molecule has 6 heteroatoms. The van der Waals surface area contributed by atoms with Crippen molar-refractivity contribution in [2.45, 2.75) is 51.7 Å². The third-order valence-corrected chi connectivity index (χ3v) is 5.88. The molecule has 0 saturated heterocycles. The molecule has 4 nitrogen and oxygen atoms in total. The van der Waals surface area contributed by atoms with Crippen LogP contribution in [0.1, 0.15) is 49.2 Å². The fourth-order valence-corrected chi connectivity index (χ4v) is 4.19. The normalized spacial score (nSPS) is 21.7. The number of nitrogens with one attached hydrogen (secondary N) is 1. The first-order valence-electron chi connectivity index (χ1n) is 8.65. The van der Waals surface area contributed by atoms with Gasteiger partial charge >= 0.3 is 5.97 Å². The summed E-state index contributed by atoms with van der Waals surface area (Å²) in [7, 11) is 0. The predicted molar refractivity (Wildman–Crippen MR) is 96.2 cm³/mol. The maximum atomic E-state index is 13.7. The summed E-state index contributed by atoms with van der Waals surface area (Å²) in [6.45, 7) is 3.70. The van der Waals surface area contributed by atoms with Crippen LogP contribution in [0.4, 0.5) is 4.39 Å². The third kappa shape index (κ3) is 4.00. The fraction of sp³-hybridized carbons (Fsp3) is 0.474. The summed E-state index contributed by atoms with van der Waals surface area (Å²) >= 11 is 1.16. The van der Waals surface area contributed by atoms with Crippen molar-refractivity contribution in [1.29, 1.82) is 0 Å². The Balaban J connectivity index is 1.62. The molecule has 0 bridgehead atoms. The maximum absolute atomic E-state index is 13.7. The fourth-order valence-electron chi connectivity index (χ4n) is 3.23. The van der Waals surface area contributed by atoms with Crippen molar-refractivity contribution in [2.24, 2.45) is 5.92 Å². The number of ether oxygens (including phenoxy) is 1. The molecule has 134 valence electrons. The number of carbonyl (C=O) groups is 2. The molecule has 1 saturated carbocycles. The van der Waals surface area contributed by atoms with Gasteiger partial charge in [0.2, 0.25) is 0 Å². The summed E-state index contributed by atoms with van der Waals surface area (Å²) in [6, 6.07) is 6.32. The second kappa shape index (κ2) is 7.52. The minimum atomic E-state index is -0.878. The van der Waals surface area contributed by atoms with Crippen LogP contribution in [-0.4, -0.2) is 24.0 Å². The third-order valence-electron chi connectivity index (χ3n) is 4.80. The van der Waals surface area contributed by atoms with Crippen LogP contribution in [0.25, 0.3) is 10.1 Å². The highest BCUT2D eigenvalue weighted by Gasteiger charge is 2.27. The molecule has 1 aromatic heterocycles. The first-order chi connectivity index (χ1) is 12.0. The van der Waals surface area contributed by atoms with Gasteiger partial charge in [0.25, 0.3) is 5.91 Å². The molecule has 1 N–H and O–H groups in total. The van der Waals surface area contributed by atoms with E-state index in [2.05, 4.69) is 12.2 Å². The molecule has 1 aliphatic rings. The van der Waals surface area contributed by atoms with Crippen molar-refractivity contribution in [2.75, 3.05) is 0 Å². The van der Waals surface area contributed by atoms with E-state index in [0.717, 1.165) is 30.6 Å². The Morgan fingerprint density at radius 2 is 2.08 bits per heavy atom. The van der Waals surface area contributed by atoms with Crippen LogP contribution >= 0.6 is 11.3 Å². The monoisotopic (exact) mass is 363 g/mol. The van der Waals surface area contributed by atoms with Gasteiger partial charge < -0.3 is 10.1 Å². The van der Waals surface area contributed by atoms with Gasteiger partial charge in [-0.05, 0) is 43.9 Å². The molecule has 0 radical (unpaired) electrons. The second-order valence-corrected chi connectivity index (χ2v) is 7.77. The van der Waals surface area contributed by atoms with E-state index < -0.39 is 12.1 Å². The van der Waals surface area contributed by atoms with Gasteiger partial charge in [-0.15, -0.1) is 11.3 Å². The van der Waals surface area contributed by atoms with Gasteiger partial charge in [0.1, 0.15) is 10.7 Å². The molecule has 3 atom stereocenters. The minimum absolute atomic E-state index is 0.140. The second-order valence-electron chi connectivity index (χ2n) is 6.69. The Kier molecular flexibility index (Phi) is 5.37. The van der Waals surface area contributed by atoms with Crippen molar-refractivity contribution < 1.29 is 18.7 Å². The van der Waals surface area contributed by atoms with Gasteiger partial charge in [-0.1, -0.05) is 25.8 Å². The van der Waals surface area contributed by atoms with Gasteiger partial charge in [-0.3, -0.25) is 4.79 Å². The molecule has 25 heavy (non-hydrogen) atoms. The average Bonchev–Trinajstić information content (AvgIpc) is 3.02. The van der Waals surface area contributed by atoms with Crippen LogP contribution in [0.3, 0.4) is 0 Å². The van der Waals surface area contributed by atoms with E-state index in [-0.39, 0.29) is 17.8 Å². The number of hydrogen-bond acceptors (Lipinski definition) is 4. The first-order valence-corrected chi connectivity index (χ1v) is 9.47. The highest BCUT2D eigenvalue weighted by Crippen LogP contribution is 2.28. The molecule has 0 spiro atoms. The van der Waals surface area contributed by atoms with E-state index in [1.807, 2.05) is 0 Å².